The monoisotopic (exact) mass is 715 g/mol. The van der Waals surface area contributed by atoms with Gasteiger partial charge in [-0.2, -0.15) is 0 Å². The van der Waals surface area contributed by atoms with Crippen LogP contribution < -0.4 is 4.90 Å². The molecule has 0 radical (unpaired) electrons. The molecule has 8 aromatic carbocycles. The summed E-state index contributed by atoms with van der Waals surface area (Å²) in [6.45, 7) is 0. The highest BCUT2D eigenvalue weighted by Gasteiger charge is 2.29. The number of aromatic nitrogens is 4. The Morgan fingerprint density at radius 1 is 0.321 bits per heavy atom. The summed E-state index contributed by atoms with van der Waals surface area (Å²) >= 11 is 0. The average molecular weight is 716 g/mol. The van der Waals surface area contributed by atoms with Gasteiger partial charge in [0.1, 0.15) is 0 Å². The Kier molecular flexibility index (Phi) is 7.42. The van der Waals surface area contributed by atoms with E-state index in [1.165, 1.54) is 33.0 Å². The molecule has 0 aliphatic carbocycles. The standard InChI is InChI=1S/C51H33N5/c1-4-16-34(17-5-1)49-52-50(35-18-6-2-7-19-35)54-51(53-49)36-28-30-38(31-29-36)56-45-27-15-12-24-42(45)48-46(56)33-32-40-39-22-10-13-25-43(39)55(37-20-8-3-9-21-37)44-26-14-11-23-41(44)47(40)48/h1-33H. The van der Waals surface area contributed by atoms with Crippen molar-refractivity contribution < 1.29 is 0 Å². The van der Waals surface area contributed by atoms with Crippen LogP contribution >= 0.6 is 0 Å². The number of anilines is 3. The highest BCUT2D eigenvalue weighted by atomic mass is 15.1. The quantitative estimate of drug-likeness (QED) is 0.178. The predicted octanol–water partition coefficient (Wildman–Crippen LogP) is 13.1. The molecule has 11 rings (SSSR count). The van der Waals surface area contributed by atoms with Crippen LogP contribution in [0.2, 0.25) is 0 Å². The largest absolute Gasteiger partial charge is 0.309 e. The maximum Gasteiger partial charge on any atom is 0.164 e. The van der Waals surface area contributed by atoms with Crippen molar-refractivity contribution in [2.45, 2.75) is 0 Å². The Balaban J connectivity index is 1.11. The lowest BCUT2D eigenvalue weighted by molar-refractivity contribution is 1.07. The zero-order valence-electron chi connectivity index (χ0n) is 30.3. The first-order chi connectivity index (χ1) is 27.8. The average Bonchev–Trinajstić information content (AvgIpc) is 3.55. The van der Waals surface area contributed by atoms with E-state index in [0.29, 0.717) is 17.5 Å². The molecular weight excluding hydrogens is 683 g/mol. The minimum Gasteiger partial charge on any atom is -0.309 e. The lowest BCUT2D eigenvalue weighted by Gasteiger charge is -2.27. The first-order valence-electron chi connectivity index (χ1n) is 18.9. The molecule has 5 nitrogen and oxygen atoms in total. The fraction of sp³-hybridized carbons (Fsp3) is 0. The lowest BCUT2D eigenvalue weighted by Crippen LogP contribution is -2.10. The predicted molar refractivity (Wildman–Crippen MR) is 230 cm³/mol. The van der Waals surface area contributed by atoms with Crippen LogP contribution in [0.4, 0.5) is 17.1 Å². The van der Waals surface area contributed by atoms with Crippen LogP contribution in [-0.4, -0.2) is 19.5 Å². The first-order valence-corrected chi connectivity index (χ1v) is 18.9. The smallest absolute Gasteiger partial charge is 0.164 e. The molecule has 10 aromatic rings. The molecule has 0 bridgehead atoms. The van der Waals surface area contributed by atoms with E-state index in [1.807, 2.05) is 60.7 Å². The molecular formula is C51H33N5. The summed E-state index contributed by atoms with van der Waals surface area (Å²) in [6.07, 6.45) is 0. The van der Waals surface area contributed by atoms with Gasteiger partial charge in [-0.1, -0.05) is 140 Å². The SMILES string of the molecule is c1ccc(-c2nc(-c3ccccc3)nc(-c3ccc(-n4c5ccccc5c5c6c(ccc54)-c4ccccc4N(c4ccccc4)c4ccccc4-6)cc3)n2)cc1. The second-order valence-electron chi connectivity index (χ2n) is 14.0. The molecule has 0 saturated heterocycles. The van der Waals surface area contributed by atoms with Gasteiger partial charge < -0.3 is 9.47 Å². The summed E-state index contributed by atoms with van der Waals surface area (Å²) in [5, 5.41) is 2.44. The van der Waals surface area contributed by atoms with Crippen molar-refractivity contribution >= 4 is 38.9 Å². The number of rotatable bonds is 5. The molecule has 262 valence electrons. The van der Waals surface area contributed by atoms with Crippen molar-refractivity contribution in [1.82, 2.24) is 19.5 Å². The third kappa shape index (κ3) is 5.13. The van der Waals surface area contributed by atoms with Gasteiger partial charge in [0, 0.05) is 55.5 Å². The topological polar surface area (TPSA) is 46.8 Å². The summed E-state index contributed by atoms with van der Waals surface area (Å²) in [6, 6.07) is 70.5. The van der Waals surface area contributed by atoms with E-state index in [9.17, 15) is 0 Å². The van der Waals surface area contributed by atoms with Gasteiger partial charge in [0.15, 0.2) is 17.5 Å². The number of hydrogen-bond donors (Lipinski definition) is 0. The van der Waals surface area contributed by atoms with Gasteiger partial charge in [0.05, 0.1) is 22.4 Å². The number of benzene rings is 8. The molecule has 0 fully saturated rings. The first kappa shape index (κ1) is 31.9. The van der Waals surface area contributed by atoms with Gasteiger partial charge in [0.25, 0.3) is 0 Å². The van der Waals surface area contributed by atoms with Crippen LogP contribution in [0.15, 0.2) is 200 Å². The molecule has 56 heavy (non-hydrogen) atoms. The molecule has 2 aromatic heterocycles. The highest BCUT2D eigenvalue weighted by Crippen LogP contribution is 2.54. The molecule has 0 unspecified atom stereocenters. The van der Waals surface area contributed by atoms with Gasteiger partial charge in [0.2, 0.25) is 0 Å². The van der Waals surface area contributed by atoms with E-state index >= 15 is 0 Å². The number of hydrogen-bond acceptors (Lipinski definition) is 4. The summed E-state index contributed by atoms with van der Waals surface area (Å²) < 4.78 is 2.39. The summed E-state index contributed by atoms with van der Waals surface area (Å²) in [5.41, 5.74) is 14.5. The van der Waals surface area contributed by atoms with E-state index < -0.39 is 0 Å². The normalized spacial score (nSPS) is 11.9. The molecule has 1 aliphatic heterocycles. The second kappa shape index (κ2) is 13.0. The van der Waals surface area contributed by atoms with Gasteiger partial charge in [-0.25, -0.2) is 15.0 Å². The van der Waals surface area contributed by atoms with Gasteiger partial charge >= 0.3 is 0 Å². The summed E-state index contributed by atoms with van der Waals surface area (Å²) in [5.74, 6) is 1.93. The molecule has 3 heterocycles. The van der Waals surface area contributed by atoms with Crippen LogP contribution in [0.1, 0.15) is 0 Å². The van der Waals surface area contributed by atoms with E-state index in [2.05, 4.69) is 149 Å². The van der Waals surface area contributed by atoms with Crippen molar-refractivity contribution in [1.29, 1.82) is 0 Å². The lowest BCUT2D eigenvalue weighted by atomic mass is 9.90. The Labute approximate surface area is 324 Å². The van der Waals surface area contributed by atoms with Gasteiger partial charge in [-0.15, -0.1) is 0 Å². The van der Waals surface area contributed by atoms with Crippen molar-refractivity contribution in [3.05, 3.63) is 200 Å². The minimum absolute atomic E-state index is 0.634. The minimum atomic E-state index is 0.634. The van der Waals surface area contributed by atoms with E-state index in [0.717, 1.165) is 50.5 Å². The number of nitrogens with zero attached hydrogens (tertiary/aromatic N) is 5. The zero-order chi connectivity index (χ0) is 37.0. The van der Waals surface area contributed by atoms with Crippen molar-refractivity contribution in [2.75, 3.05) is 4.90 Å². The van der Waals surface area contributed by atoms with E-state index in [4.69, 9.17) is 15.0 Å². The molecule has 0 saturated carbocycles. The van der Waals surface area contributed by atoms with Crippen molar-refractivity contribution in [3.63, 3.8) is 0 Å². The Hall–Kier alpha value is -7.63. The summed E-state index contributed by atoms with van der Waals surface area (Å²) in [4.78, 5) is 17.3. The van der Waals surface area contributed by atoms with Crippen LogP contribution in [0.5, 0.6) is 0 Å². The number of para-hydroxylation sites is 4. The third-order valence-electron chi connectivity index (χ3n) is 10.8. The zero-order valence-corrected chi connectivity index (χ0v) is 30.3. The van der Waals surface area contributed by atoms with E-state index in [-0.39, 0.29) is 0 Å². The van der Waals surface area contributed by atoms with E-state index in [1.54, 1.807) is 0 Å². The van der Waals surface area contributed by atoms with Gasteiger partial charge in [-0.3, -0.25) is 0 Å². The van der Waals surface area contributed by atoms with Crippen LogP contribution in [0, 0.1) is 0 Å². The van der Waals surface area contributed by atoms with Crippen molar-refractivity contribution in [2.24, 2.45) is 0 Å². The maximum absolute atomic E-state index is 4.98. The van der Waals surface area contributed by atoms with Gasteiger partial charge in [-0.05, 0) is 66.2 Å². The van der Waals surface area contributed by atoms with Crippen LogP contribution in [0.3, 0.4) is 0 Å². The molecule has 0 amide bonds. The Bertz CT molecular complexity index is 3010. The highest BCUT2D eigenvalue weighted by molar-refractivity contribution is 6.21. The Morgan fingerprint density at radius 3 is 1.46 bits per heavy atom. The van der Waals surface area contributed by atoms with Crippen molar-refractivity contribution in [3.8, 4) is 62.1 Å². The van der Waals surface area contributed by atoms with Crippen LogP contribution in [-0.2, 0) is 0 Å². The molecule has 1 aliphatic rings. The molecule has 0 atom stereocenters. The Morgan fingerprint density at radius 2 is 0.821 bits per heavy atom. The number of fused-ring (bicyclic) bond motifs is 9. The fourth-order valence-corrected chi connectivity index (χ4v) is 8.30. The second-order valence-corrected chi connectivity index (χ2v) is 14.0. The van der Waals surface area contributed by atoms with Crippen LogP contribution in [0.25, 0.3) is 83.9 Å². The maximum atomic E-state index is 4.98. The summed E-state index contributed by atoms with van der Waals surface area (Å²) in [7, 11) is 0. The molecule has 5 heteroatoms. The fourth-order valence-electron chi connectivity index (χ4n) is 8.30. The molecule has 0 N–H and O–H groups in total. The third-order valence-corrected chi connectivity index (χ3v) is 10.8. The molecule has 0 spiro atoms.